The van der Waals surface area contributed by atoms with Gasteiger partial charge in [0.25, 0.3) is 0 Å². The van der Waals surface area contributed by atoms with Crippen LogP contribution in [-0.4, -0.2) is 11.4 Å². The zero-order valence-electron chi connectivity index (χ0n) is 12.9. The van der Waals surface area contributed by atoms with Gasteiger partial charge in [0.05, 0.1) is 0 Å². The molecular formula is C16H29NO. The van der Waals surface area contributed by atoms with E-state index >= 15 is 0 Å². The Kier molecular flexibility index (Phi) is 4.30. The highest BCUT2D eigenvalue weighted by molar-refractivity contribution is 5.80. The number of carbonyl (C=O) groups excluding carboxylic acids is 1. The first kappa shape index (κ1) is 15.3. The number of hydrogen-bond donors (Lipinski definition) is 1. The standard InChI is InChI=1S/C16H29NO/c1-11(2)12-8-9-16(6,7)10-13(12)14(18)17-15(3,4)5/h12-13H,1,8-10H2,2-7H3,(H,17,18). The van der Waals surface area contributed by atoms with Gasteiger partial charge in [-0.1, -0.05) is 26.0 Å². The molecule has 0 aliphatic heterocycles. The smallest absolute Gasteiger partial charge is 0.224 e. The van der Waals surface area contributed by atoms with E-state index in [4.69, 9.17) is 0 Å². The third kappa shape index (κ3) is 4.15. The van der Waals surface area contributed by atoms with Gasteiger partial charge >= 0.3 is 0 Å². The number of rotatable bonds is 2. The lowest BCUT2D eigenvalue weighted by Crippen LogP contribution is -2.48. The molecule has 0 aromatic rings. The molecule has 0 heterocycles. The molecule has 0 saturated heterocycles. The number of nitrogens with one attached hydrogen (secondary N) is 1. The molecule has 2 atom stereocenters. The van der Waals surface area contributed by atoms with Crippen molar-refractivity contribution in [2.75, 3.05) is 0 Å². The van der Waals surface area contributed by atoms with Gasteiger partial charge in [-0.3, -0.25) is 4.79 Å². The Morgan fingerprint density at radius 1 is 1.28 bits per heavy atom. The Bertz CT molecular complexity index is 335. The Morgan fingerprint density at radius 3 is 2.28 bits per heavy atom. The molecule has 2 unspecified atom stereocenters. The molecule has 1 aliphatic carbocycles. The van der Waals surface area contributed by atoms with E-state index in [0.29, 0.717) is 5.92 Å². The molecule has 0 aromatic heterocycles. The Balaban J connectivity index is 2.85. The van der Waals surface area contributed by atoms with Crippen molar-refractivity contribution in [3.8, 4) is 0 Å². The molecule has 0 spiro atoms. The summed E-state index contributed by atoms with van der Waals surface area (Å²) in [6, 6.07) is 0. The van der Waals surface area contributed by atoms with Gasteiger partial charge in [-0.2, -0.15) is 0 Å². The molecule has 0 bridgehead atoms. The van der Waals surface area contributed by atoms with Crippen molar-refractivity contribution < 1.29 is 4.79 Å². The van der Waals surface area contributed by atoms with Gasteiger partial charge in [-0.25, -0.2) is 0 Å². The summed E-state index contributed by atoms with van der Waals surface area (Å²) in [6.07, 6.45) is 3.24. The van der Waals surface area contributed by atoms with Gasteiger partial charge in [0, 0.05) is 11.5 Å². The molecule has 104 valence electrons. The molecule has 18 heavy (non-hydrogen) atoms. The summed E-state index contributed by atoms with van der Waals surface area (Å²) in [4.78, 5) is 12.5. The summed E-state index contributed by atoms with van der Waals surface area (Å²) in [5, 5.41) is 3.13. The van der Waals surface area contributed by atoms with Gasteiger partial charge in [0.1, 0.15) is 0 Å². The van der Waals surface area contributed by atoms with Crippen LogP contribution < -0.4 is 5.32 Å². The van der Waals surface area contributed by atoms with Crippen molar-refractivity contribution in [1.29, 1.82) is 0 Å². The molecule has 1 fully saturated rings. The summed E-state index contributed by atoms with van der Waals surface area (Å²) < 4.78 is 0. The van der Waals surface area contributed by atoms with Crippen LogP contribution in [-0.2, 0) is 4.79 Å². The van der Waals surface area contributed by atoms with Crippen molar-refractivity contribution in [3.05, 3.63) is 12.2 Å². The Hall–Kier alpha value is -0.790. The van der Waals surface area contributed by atoms with Crippen LogP contribution in [0, 0.1) is 17.3 Å². The summed E-state index contributed by atoms with van der Waals surface area (Å²) in [5.74, 6) is 0.633. The van der Waals surface area contributed by atoms with Gasteiger partial charge in [0.15, 0.2) is 0 Å². The average Bonchev–Trinajstić information content (AvgIpc) is 2.12. The van der Waals surface area contributed by atoms with Gasteiger partial charge in [-0.15, -0.1) is 0 Å². The van der Waals surface area contributed by atoms with Crippen molar-refractivity contribution in [2.45, 2.75) is 66.3 Å². The zero-order chi connectivity index (χ0) is 14.1. The van der Waals surface area contributed by atoms with Gasteiger partial charge in [-0.05, 0) is 58.3 Å². The van der Waals surface area contributed by atoms with Crippen LogP contribution in [0.15, 0.2) is 12.2 Å². The second kappa shape index (κ2) is 5.07. The summed E-state index contributed by atoms with van der Waals surface area (Å²) >= 11 is 0. The van der Waals surface area contributed by atoms with Crippen LogP contribution in [0.25, 0.3) is 0 Å². The zero-order valence-corrected chi connectivity index (χ0v) is 12.9. The van der Waals surface area contributed by atoms with Crippen molar-refractivity contribution >= 4 is 5.91 Å². The Morgan fingerprint density at radius 2 is 1.83 bits per heavy atom. The maximum Gasteiger partial charge on any atom is 0.224 e. The van der Waals surface area contributed by atoms with E-state index in [1.54, 1.807) is 0 Å². The number of amides is 1. The first-order valence-electron chi connectivity index (χ1n) is 6.99. The first-order chi connectivity index (χ1) is 8.02. The largest absolute Gasteiger partial charge is 0.351 e. The van der Waals surface area contributed by atoms with Crippen LogP contribution in [0.3, 0.4) is 0 Å². The van der Waals surface area contributed by atoms with E-state index in [1.165, 1.54) is 6.42 Å². The molecule has 1 rings (SSSR count). The molecule has 1 saturated carbocycles. The molecular weight excluding hydrogens is 222 g/mol. The number of carbonyl (C=O) groups is 1. The molecule has 1 aliphatic rings. The van der Waals surface area contributed by atoms with Crippen molar-refractivity contribution in [2.24, 2.45) is 17.3 Å². The van der Waals surface area contributed by atoms with E-state index in [0.717, 1.165) is 18.4 Å². The van der Waals surface area contributed by atoms with Crippen LogP contribution >= 0.6 is 0 Å². The van der Waals surface area contributed by atoms with E-state index in [2.05, 4.69) is 32.7 Å². The highest BCUT2D eigenvalue weighted by Gasteiger charge is 2.39. The Labute approximate surface area is 112 Å². The van der Waals surface area contributed by atoms with Crippen LogP contribution in [0.2, 0.25) is 0 Å². The predicted octanol–water partition coefficient (Wildman–Crippen LogP) is 3.92. The monoisotopic (exact) mass is 251 g/mol. The van der Waals surface area contributed by atoms with E-state index in [9.17, 15) is 4.79 Å². The minimum atomic E-state index is -0.154. The maximum absolute atomic E-state index is 12.5. The first-order valence-corrected chi connectivity index (χ1v) is 6.99. The lowest BCUT2D eigenvalue weighted by atomic mass is 9.65. The minimum Gasteiger partial charge on any atom is -0.351 e. The third-order valence-corrected chi connectivity index (χ3v) is 3.86. The average molecular weight is 251 g/mol. The van der Waals surface area contributed by atoms with Crippen LogP contribution in [0.4, 0.5) is 0 Å². The van der Waals surface area contributed by atoms with E-state index < -0.39 is 0 Å². The summed E-state index contributed by atoms with van der Waals surface area (Å²) in [6.45, 7) is 16.8. The normalized spacial score (nSPS) is 27.7. The quantitative estimate of drug-likeness (QED) is 0.740. The van der Waals surface area contributed by atoms with Gasteiger partial charge in [0.2, 0.25) is 5.91 Å². The molecule has 0 aromatic carbocycles. The predicted molar refractivity (Wildman–Crippen MR) is 77.3 cm³/mol. The highest BCUT2D eigenvalue weighted by atomic mass is 16.2. The van der Waals surface area contributed by atoms with Crippen molar-refractivity contribution in [3.63, 3.8) is 0 Å². The number of hydrogen-bond acceptors (Lipinski definition) is 1. The van der Waals surface area contributed by atoms with Crippen molar-refractivity contribution in [1.82, 2.24) is 5.32 Å². The second-order valence-corrected chi connectivity index (χ2v) is 7.71. The fourth-order valence-electron chi connectivity index (χ4n) is 2.91. The third-order valence-electron chi connectivity index (χ3n) is 3.86. The fraction of sp³-hybridized carbons (Fsp3) is 0.812. The number of allylic oxidation sites excluding steroid dienone is 1. The second-order valence-electron chi connectivity index (χ2n) is 7.71. The lowest BCUT2D eigenvalue weighted by molar-refractivity contribution is -0.130. The molecule has 1 N–H and O–H groups in total. The van der Waals surface area contributed by atoms with E-state index in [-0.39, 0.29) is 22.8 Å². The fourth-order valence-corrected chi connectivity index (χ4v) is 2.91. The SMILES string of the molecule is C=C(C)C1CCC(C)(C)CC1C(=O)NC(C)(C)C. The molecule has 1 amide bonds. The lowest BCUT2D eigenvalue weighted by Gasteiger charge is -2.41. The van der Waals surface area contributed by atoms with Crippen LogP contribution in [0.5, 0.6) is 0 Å². The maximum atomic E-state index is 12.5. The topological polar surface area (TPSA) is 29.1 Å². The van der Waals surface area contributed by atoms with E-state index in [1.807, 2.05) is 20.8 Å². The minimum absolute atomic E-state index is 0.0884. The molecule has 2 nitrogen and oxygen atoms in total. The summed E-state index contributed by atoms with van der Waals surface area (Å²) in [5.41, 5.74) is 1.27. The van der Waals surface area contributed by atoms with Crippen LogP contribution in [0.1, 0.15) is 60.8 Å². The molecule has 0 radical (unpaired) electrons. The molecule has 2 heteroatoms. The van der Waals surface area contributed by atoms with Gasteiger partial charge < -0.3 is 5.32 Å². The highest BCUT2D eigenvalue weighted by Crippen LogP contribution is 2.44. The summed E-state index contributed by atoms with van der Waals surface area (Å²) in [7, 11) is 0.